The van der Waals surface area contributed by atoms with Crippen molar-refractivity contribution in [2.24, 2.45) is 0 Å². The summed E-state index contributed by atoms with van der Waals surface area (Å²) >= 11 is 1.31. The van der Waals surface area contributed by atoms with Crippen LogP contribution in [0.2, 0.25) is 0 Å². The van der Waals surface area contributed by atoms with Crippen LogP contribution in [-0.2, 0) is 17.6 Å². The van der Waals surface area contributed by atoms with Gasteiger partial charge in [-0.1, -0.05) is 18.2 Å². The first-order chi connectivity index (χ1) is 11.1. The van der Waals surface area contributed by atoms with E-state index in [1.54, 1.807) is 23.6 Å². The highest BCUT2D eigenvalue weighted by Gasteiger charge is 2.21. The lowest BCUT2D eigenvalue weighted by Crippen LogP contribution is -2.18. The van der Waals surface area contributed by atoms with Gasteiger partial charge in [-0.15, -0.1) is 21.5 Å². The summed E-state index contributed by atoms with van der Waals surface area (Å²) in [6.45, 7) is 0. The Morgan fingerprint density at radius 3 is 2.83 bits per heavy atom. The number of carbonyl (C=O) groups is 2. The normalized spacial score (nSPS) is 10.7. The smallest absolute Gasteiger partial charge is 0.269 e. The molecule has 0 atom stereocenters. The maximum Gasteiger partial charge on any atom is 0.269 e. The second-order valence-corrected chi connectivity index (χ2v) is 5.61. The van der Waals surface area contributed by atoms with Crippen molar-refractivity contribution in [1.82, 2.24) is 25.6 Å². The molecule has 116 valence electrons. The van der Waals surface area contributed by atoms with Gasteiger partial charge in [-0.25, -0.2) is 9.37 Å². The lowest BCUT2D eigenvalue weighted by Gasteiger charge is -1.99. The number of benzene rings is 1. The summed E-state index contributed by atoms with van der Waals surface area (Å²) in [5, 5.41) is 14.6. The van der Waals surface area contributed by atoms with E-state index in [0.717, 1.165) is 0 Å². The Morgan fingerprint density at radius 2 is 2.09 bits per heavy atom. The molecule has 0 fully saturated rings. The number of aromatic nitrogens is 5. The zero-order valence-corrected chi connectivity index (χ0v) is 12.5. The van der Waals surface area contributed by atoms with E-state index < -0.39 is 11.6 Å². The molecule has 3 rings (SSSR count). The minimum absolute atomic E-state index is 0.152. The monoisotopic (exact) mass is 331 g/mol. The zero-order valence-electron chi connectivity index (χ0n) is 11.7. The third-order valence-corrected chi connectivity index (χ3v) is 3.94. The van der Waals surface area contributed by atoms with E-state index in [0.29, 0.717) is 22.7 Å². The first kappa shape index (κ1) is 15.1. The van der Waals surface area contributed by atoms with Crippen molar-refractivity contribution in [3.8, 4) is 0 Å². The Bertz CT molecular complexity index is 846. The molecule has 0 spiro atoms. The van der Waals surface area contributed by atoms with Crippen LogP contribution in [0.25, 0.3) is 0 Å². The lowest BCUT2D eigenvalue weighted by molar-refractivity contribution is -0.114. The molecule has 0 aliphatic heterocycles. The Morgan fingerprint density at radius 1 is 1.26 bits per heavy atom. The standard InChI is InChI=1S/C14H10FN5O2S/c15-10-4-2-1-3-8(10)5-12-16-9(7-23-12)6-11(21)13(22)14-17-19-20-18-14/h1-4,7H,5-6H2,(H,17,18,19,20). The molecule has 7 nitrogen and oxygen atoms in total. The predicted molar refractivity (Wildman–Crippen MR) is 78.5 cm³/mol. The highest BCUT2D eigenvalue weighted by molar-refractivity contribution is 7.09. The van der Waals surface area contributed by atoms with Gasteiger partial charge in [0.05, 0.1) is 17.1 Å². The number of nitrogens with zero attached hydrogens (tertiary/aromatic N) is 4. The van der Waals surface area contributed by atoms with Crippen LogP contribution in [0, 0.1) is 5.82 Å². The largest absolute Gasteiger partial charge is 0.290 e. The molecule has 1 N–H and O–H groups in total. The molecular weight excluding hydrogens is 321 g/mol. The second-order valence-electron chi connectivity index (χ2n) is 4.67. The first-order valence-corrected chi connectivity index (χ1v) is 7.49. The van der Waals surface area contributed by atoms with E-state index in [1.165, 1.54) is 17.4 Å². The minimum Gasteiger partial charge on any atom is -0.290 e. The molecule has 0 amide bonds. The number of rotatable bonds is 6. The summed E-state index contributed by atoms with van der Waals surface area (Å²) in [5.74, 6) is -2.05. The number of hydrogen-bond acceptors (Lipinski definition) is 7. The van der Waals surface area contributed by atoms with Crippen LogP contribution in [0.15, 0.2) is 29.6 Å². The molecule has 9 heteroatoms. The molecule has 23 heavy (non-hydrogen) atoms. The number of thiazole rings is 1. The van der Waals surface area contributed by atoms with Crippen molar-refractivity contribution >= 4 is 22.9 Å². The summed E-state index contributed by atoms with van der Waals surface area (Å²) < 4.78 is 13.6. The van der Waals surface area contributed by atoms with Gasteiger partial charge in [0.15, 0.2) is 0 Å². The van der Waals surface area contributed by atoms with E-state index in [1.807, 2.05) is 0 Å². The number of hydrogen-bond donors (Lipinski definition) is 1. The molecule has 0 aliphatic rings. The Balaban J connectivity index is 1.67. The van der Waals surface area contributed by atoms with Gasteiger partial charge in [0.2, 0.25) is 11.6 Å². The number of Topliss-reactive ketones (excluding diaryl/α,β-unsaturated/α-hetero) is 2. The third kappa shape index (κ3) is 3.51. The Hall–Kier alpha value is -2.81. The number of carbonyl (C=O) groups excluding carboxylic acids is 2. The molecule has 0 aliphatic carbocycles. The third-order valence-electron chi connectivity index (χ3n) is 3.04. The number of tetrazole rings is 1. The van der Waals surface area contributed by atoms with Gasteiger partial charge in [0.25, 0.3) is 5.78 Å². The topological polar surface area (TPSA) is 101 Å². The van der Waals surface area contributed by atoms with Crippen LogP contribution < -0.4 is 0 Å². The van der Waals surface area contributed by atoms with Crippen molar-refractivity contribution in [3.05, 3.63) is 57.6 Å². The molecule has 0 radical (unpaired) electrons. The van der Waals surface area contributed by atoms with Gasteiger partial charge in [0, 0.05) is 11.8 Å². The van der Waals surface area contributed by atoms with Crippen molar-refractivity contribution in [3.63, 3.8) is 0 Å². The average molecular weight is 331 g/mol. The number of H-pyrrole nitrogens is 1. The number of aromatic amines is 1. The molecule has 0 bridgehead atoms. The second kappa shape index (κ2) is 6.53. The molecule has 2 aromatic heterocycles. The molecule has 3 aromatic rings. The van der Waals surface area contributed by atoms with Crippen molar-refractivity contribution in [2.75, 3.05) is 0 Å². The summed E-state index contributed by atoms with van der Waals surface area (Å²) in [5.41, 5.74) is 0.991. The molecule has 2 heterocycles. The fourth-order valence-corrected chi connectivity index (χ4v) is 2.76. The maximum absolute atomic E-state index is 13.6. The van der Waals surface area contributed by atoms with E-state index in [9.17, 15) is 14.0 Å². The lowest BCUT2D eigenvalue weighted by atomic mass is 10.1. The highest BCUT2D eigenvalue weighted by atomic mass is 32.1. The summed E-state index contributed by atoms with van der Waals surface area (Å²) in [7, 11) is 0. The summed E-state index contributed by atoms with van der Waals surface area (Å²) in [4.78, 5) is 27.9. The zero-order chi connectivity index (χ0) is 16.2. The SMILES string of the molecule is O=C(Cc1csc(Cc2ccccc2F)n1)C(=O)c1nn[nH]n1. The van der Waals surface area contributed by atoms with Crippen LogP contribution in [0.5, 0.6) is 0 Å². The molecule has 0 saturated carbocycles. The Labute approximate surface area is 133 Å². The minimum atomic E-state index is -0.817. The van der Waals surface area contributed by atoms with Crippen molar-refractivity contribution < 1.29 is 14.0 Å². The van der Waals surface area contributed by atoms with E-state index >= 15 is 0 Å². The van der Waals surface area contributed by atoms with Gasteiger partial charge < -0.3 is 0 Å². The molecular formula is C14H10FN5O2S. The fraction of sp³-hybridized carbons (Fsp3) is 0.143. The number of halogens is 1. The van der Waals surface area contributed by atoms with E-state index in [2.05, 4.69) is 25.6 Å². The Kier molecular flexibility index (Phi) is 4.29. The molecule has 1 aromatic carbocycles. The predicted octanol–water partition coefficient (Wildman–Crippen LogP) is 1.38. The quantitative estimate of drug-likeness (QED) is 0.541. The van der Waals surface area contributed by atoms with Crippen LogP contribution >= 0.6 is 11.3 Å². The number of ketones is 2. The maximum atomic E-state index is 13.6. The molecule has 0 saturated heterocycles. The van der Waals surface area contributed by atoms with Crippen LogP contribution in [0.4, 0.5) is 4.39 Å². The fourth-order valence-electron chi connectivity index (χ4n) is 1.94. The van der Waals surface area contributed by atoms with Gasteiger partial charge in [0.1, 0.15) is 5.82 Å². The summed E-state index contributed by atoms with van der Waals surface area (Å²) in [6, 6.07) is 6.44. The van der Waals surface area contributed by atoms with Crippen LogP contribution in [0.1, 0.15) is 26.9 Å². The van der Waals surface area contributed by atoms with Gasteiger partial charge in [-0.3, -0.25) is 9.59 Å². The highest BCUT2D eigenvalue weighted by Crippen LogP contribution is 2.17. The van der Waals surface area contributed by atoms with Crippen LogP contribution in [0.3, 0.4) is 0 Å². The first-order valence-electron chi connectivity index (χ1n) is 6.61. The molecule has 0 unspecified atom stereocenters. The average Bonchev–Trinajstić information content (AvgIpc) is 3.21. The number of nitrogens with one attached hydrogen (secondary N) is 1. The summed E-state index contributed by atoms with van der Waals surface area (Å²) in [6.07, 6.45) is 0.186. The van der Waals surface area contributed by atoms with E-state index in [4.69, 9.17) is 0 Å². The van der Waals surface area contributed by atoms with Crippen LogP contribution in [-0.4, -0.2) is 37.2 Å². The van der Waals surface area contributed by atoms with E-state index in [-0.39, 0.29) is 18.1 Å². The van der Waals surface area contributed by atoms with Gasteiger partial charge in [-0.05, 0) is 16.8 Å². The van der Waals surface area contributed by atoms with Crippen molar-refractivity contribution in [1.29, 1.82) is 0 Å². The van der Waals surface area contributed by atoms with Gasteiger partial charge >= 0.3 is 0 Å². The van der Waals surface area contributed by atoms with Crippen molar-refractivity contribution in [2.45, 2.75) is 12.8 Å². The van der Waals surface area contributed by atoms with Gasteiger partial charge in [-0.2, -0.15) is 5.21 Å².